The van der Waals surface area contributed by atoms with E-state index in [4.69, 9.17) is 5.73 Å². The summed E-state index contributed by atoms with van der Waals surface area (Å²) >= 11 is 1.91. The van der Waals surface area contributed by atoms with E-state index in [1.54, 1.807) is 0 Å². The molecule has 1 atom stereocenters. The number of thioether (sulfide) groups is 1. The lowest BCUT2D eigenvalue weighted by Crippen LogP contribution is -2.55. The van der Waals surface area contributed by atoms with Crippen molar-refractivity contribution in [2.24, 2.45) is 5.73 Å². The third-order valence-electron chi connectivity index (χ3n) is 3.91. The molecule has 16 heavy (non-hydrogen) atoms. The minimum Gasteiger partial charge on any atom is -0.329 e. The SMILES string of the molecule is CSCCN(C)C1(CN)CCN(C(C)C)C1. The van der Waals surface area contributed by atoms with Crippen molar-refractivity contribution in [3.63, 3.8) is 0 Å². The van der Waals surface area contributed by atoms with Crippen LogP contribution in [0.1, 0.15) is 20.3 Å². The molecule has 3 nitrogen and oxygen atoms in total. The van der Waals surface area contributed by atoms with Crippen molar-refractivity contribution in [2.75, 3.05) is 45.2 Å². The maximum absolute atomic E-state index is 6.03. The maximum atomic E-state index is 6.03. The minimum atomic E-state index is 0.222. The highest BCUT2D eigenvalue weighted by Crippen LogP contribution is 2.27. The third kappa shape index (κ3) is 3.13. The molecule has 2 N–H and O–H groups in total. The normalized spacial score (nSPS) is 27.2. The van der Waals surface area contributed by atoms with Crippen molar-refractivity contribution in [1.29, 1.82) is 0 Å². The van der Waals surface area contributed by atoms with Gasteiger partial charge in [-0.15, -0.1) is 0 Å². The van der Waals surface area contributed by atoms with Crippen LogP contribution in [0.5, 0.6) is 0 Å². The summed E-state index contributed by atoms with van der Waals surface area (Å²) in [6, 6.07) is 0.641. The van der Waals surface area contributed by atoms with E-state index in [0.717, 1.165) is 19.6 Å². The summed E-state index contributed by atoms with van der Waals surface area (Å²) in [4.78, 5) is 5.02. The number of rotatable bonds is 6. The van der Waals surface area contributed by atoms with Crippen molar-refractivity contribution < 1.29 is 0 Å². The second-order valence-electron chi connectivity index (χ2n) is 5.16. The summed E-state index contributed by atoms with van der Waals surface area (Å²) in [5, 5.41) is 0. The molecule has 1 rings (SSSR count). The summed E-state index contributed by atoms with van der Waals surface area (Å²) in [6.45, 7) is 8.79. The molecule has 1 unspecified atom stereocenters. The van der Waals surface area contributed by atoms with Crippen LogP contribution in [0.15, 0.2) is 0 Å². The Hall–Kier alpha value is 0.230. The van der Waals surface area contributed by atoms with E-state index < -0.39 is 0 Å². The van der Waals surface area contributed by atoms with Crippen LogP contribution in [0.25, 0.3) is 0 Å². The second-order valence-corrected chi connectivity index (χ2v) is 6.14. The summed E-state index contributed by atoms with van der Waals surface area (Å²) in [5.41, 5.74) is 6.25. The number of nitrogens with zero attached hydrogens (tertiary/aromatic N) is 2. The molecule has 1 aliphatic rings. The van der Waals surface area contributed by atoms with Gasteiger partial charge in [0.1, 0.15) is 0 Å². The lowest BCUT2D eigenvalue weighted by Gasteiger charge is -2.38. The molecular weight excluding hydrogens is 218 g/mol. The Labute approximate surface area is 105 Å². The van der Waals surface area contributed by atoms with E-state index in [9.17, 15) is 0 Å². The molecule has 1 saturated heterocycles. The first-order valence-electron chi connectivity index (χ1n) is 6.20. The van der Waals surface area contributed by atoms with Crippen molar-refractivity contribution in [1.82, 2.24) is 9.80 Å². The molecule has 1 fully saturated rings. The van der Waals surface area contributed by atoms with Gasteiger partial charge in [-0.3, -0.25) is 9.80 Å². The predicted molar refractivity (Wildman–Crippen MR) is 74.1 cm³/mol. The van der Waals surface area contributed by atoms with Crippen molar-refractivity contribution in [3.05, 3.63) is 0 Å². The fraction of sp³-hybridized carbons (Fsp3) is 1.00. The maximum Gasteiger partial charge on any atom is 0.0467 e. The van der Waals surface area contributed by atoms with Gasteiger partial charge in [-0.25, -0.2) is 0 Å². The molecule has 4 heteroatoms. The van der Waals surface area contributed by atoms with Crippen LogP contribution in [-0.4, -0.2) is 66.6 Å². The third-order valence-corrected chi connectivity index (χ3v) is 4.50. The van der Waals surface area contributed by atoms with Crippen molar-refractivity contribution in [2.45, 2.75) is 31.8 Å². The number of hydrogen-bond donors (Lipinski definition) is 1. The van der Waals surface area contributed by atoms with E-state index in [-0.39, 0.29) is 5.54 Å². The van der Waals surface area contributed by atoms with Gasteiger partial charge in [0.15, 0.2) is 0 Å². The molecule has 0 radical (unpaired) electrons. The Morgan fingerprint density at radius 1 is 1.50 bits per heavy atom. The Balaban J connectivity index is 2.58. The fourth-order valence-electron chi connectivity index (χ4n) is 2.43. The van der Waals surface area contributed by atoms with Crippen LogP contribution in [0.4, 0.5) is 0 Å². The molecular formula is C12H27N3S. The van der Waals surface area contributed by atoms with E-state index in [1.165, 1.54) is 18.7 Å². The molecule has 1 heterocycles. The molecule has 0 aromatic heterocycles. The lowest BCUT2D eigenvalue weighted by molar-refractivity contribution is 0.130. The Morgan fingerprint density at radius 2 is 2.19 bits per heavy atom. The second kappa shape index (κ2) is 6.24. The summed E-state index contributed by atoms with van der Waals surface area (Å²) < 4.78 is 0. The van der Waals surface area contributed by atoms with Crippen LogP contribution in [0.3, 0.4) is 0 Å². The molecule has 1 aliphatic heterocycles. The topological polar surface area (TPSA) is 32.5 Å². The first-order chi connectivity index (χ1) is 7.55. The largest absolute Gasteiger partial charge is 0.329 e. The van der Waals surface area contributed by atoms with E-state index >= 15 is 0 Å². The van der Waals surface area contributed by atoms with Gasteiger partial charge in [-0.1, -0.05) is 0 Å². The van der Waals surface area contributed by atoms with Gasteiger partial charge in [0.05, 0.1) is 0 Å². The van der Waals surface area contributed by atoms with Crippen LogP contribution >= 0.6 is 11.8 Å². The Bertz CT molecular complexity index is 210. The van der Waals surface area contributed by atoms with Gasteiger partial charge < -0.3 is 5.73 Å². The zero-order chi connectivity index (χ0) is 12.2. The monoisotopic (exact) mass is 245 g/mol. The minimum absolute atomic E-state index is 0.222. The van der Waals surface area contributed by atoms with Gasteiger partial charge in [-0.2, -0.15) is 11.8 Å². The van der Waals surface area contributed by atoms with E-state index in [0.29, 0.717) is 6.04 Å². The zero-order valence-corrected chi connectivity index (χ0v) is 12.0. The molecule has 0 saturated carbocycles. The average Bonchev–Trinajstić information content (AvgIpc) is 2.71. The summed E-state index contributed by atoms with van der Waals surface area (Å²) in [7, 11) is 2.23. The standard InChI is InChI=1S/C12H27N3S/c1-11(2)15-6-5-12(9-13,10-15)14(3)7-8-16-4/h11H,5-10,13H2,1-4H3. The number of likely N-dealkylation sites (N-methyl/N-ethyl adjacent to an activating group) is 1. The molecule has 0 aromatic rings. The van der Waals surface area contributed by atoms with Crippen LogP contribution in [-0.2, 0) is 0 Å². The summed E-state index contributed by atoms with van der Waals surface area (Å²) in [5.74, 6) is 1.19. The van der Waals surface area contributed by atoms with Crippen molar-refractivity contribution >= 4 is 11.8 Å². The highest BCUT2D eigenvalue weighted by molar-refractivity contribution is 7.98. The van der Waals surface area contributed by atoms with Crippen LogP contribution in [0.2, 0.25) is 0 Å². The first kappa shape index (κ1) is 14.3. The van der Waals surface area contributed by atoms with Crippen LogP contribution in [0, 0.1) is 0 Å². The van der Waals surface area contributed by atoms with Crippen LogP contribution < -0.4 is 5.73 Å². The molecule has 0 bridgehead atoms. The first-order valence-corrected chi connectivity index (χ1v) is 7.59. The number of nitrogens with two attached hydrogens (primary N) is 1. The molecule has 96 valence electrons. The zero-order valence-electron chi connectivity index (χ0n) is 11.2. The van der Waals surface area contributed by atoms with Gasteiger partial charge in [0.25, 0.3) is 0 Å². The van der Waals surface area contributed by atoms with E-state index in [1.807, 2.05) is 11.8 Å². The Kier molecular flexibility index (Phi) is 5.57. The van der Waals surface area contributed by atoms with Crippen molar-refractivity contribution in [3.8, 4) is 0 Å². The highest BCUT2D eigenvalue weighted by atomic mass is 32.2. The van der Waals surface area contributed by atoms with E-state index in [2.05, 4.69) is 37.0 Å². The smallest absolute Gasteiger partial charge is 0.0467 e. The molecule has 0 spiro atoms. The quantitative estimate of drug-likeness (QED) is 0.759. The van der Waals surface area contributed by atoms with Gasteiger partial charge in [0, 0.05) is 43.5 Å². The van der Waals surface area contributed by atoms with Gasteiger partial charge in [0.2, 0.25) is 0 Å². The number of hydrogen-bond acceptors (Lipinski definition) is 4. The van der Waals surface area contributed by atoms with Gasteiger partial charge >= 0.3 is 0 Å². The number of likely N-dealkylation sites (tertiary alicyclic amines) is 1. The Morgan fingerprint density at radius 3 is 2.62 bits per heavy atom. The molecule has 0 amide bonds. The average molecular weight is 245 g/mol. The lowest BCUT2D eigenvalue weighted by atomic mass is 9.97. The fourth-order valence-corrected chi connectivity index (χ4v) is 2.88. The highest BCUT2D eigenvalue weighted by Gasteiger charge is 2.40. The predicted octanol–water partition coefficient (Wildman–Crippen LogP) is 1.09. The summed E-state index contributed by atoms with van der Waals surface area (Å²) in [6.07, 6.45) is 3.38. The molecule has 0 aliphatic carbocycles. The molecule has 0 aromatic carbocycles. The van der Waals surface area contributed by atoms with Gasteiger partial charge in [-0.05, 0) is 33.6 Å².